The Morgan fingerprint density at radius 3 is 2.56 bits per heavy atom. The number of nitrogens with one attached hydrogen (secondary N) is 2. The number of hydrogen-bond acceptors (Lipinski definition) is 9. The number of morpholine rings is 1. The zero-order chi connectivity index (χ0) is 27.8. The second-order valence-corrected chi connectivity index (χ2v) is 13.0. The minimum absolute atomic E-state index is 0.0688. The Balaban J connectivity index is 1.40. The number of aryl methyl sites for hydroxylation is 1. The molecule has 1 amide bonds. The van der Waals surface area contributed by atoms with Gasteiger partial charge >= 0.3 is 0 Å². The summed E-state index contributed by atoms with van der Waals surface area (Å²) in [6, 6.07) is 6.67. The highest BCUT2D eigenvalue weighted by molar-refractivity contribution is 7.92. The van der Waals surface area contributed by atoms with Crippen LogP contribution in [0.1, 0.15) is 55.6 Å². The molecule has 0 radical (unpaired) electrons. The lowest BCUT2D eigenvalue weighted by Crippen LogP contribution is -2.42. The van der Waals surface area contributed by atoms with Crippen LogP contribution in [0.25, 0.3) is 0 Å². The van der Waals surface area contributed by atoms with E-state index in [1.165, 1.54) is 19.8 Å². The van der Waals surface area contributed by atoms with E-state index in [0.717, 1.165) is 31.6 Å². The van der Waals surface area contributed by atoms with Gasteiger partial charge in [0, 0.05) is 37.9 Å². The van der Waals surface area contributed by atoms with E-state index in [0.29, 0.717) is 53.8 Å². The standard InChI is InChI=1S/C27H38N6O5S/c1-18-14-24(30-26(28-18)33-12-13-38-20(3)16-33)29-25(35)22-5-4-21(31-39(36,37)17-19(2)34)15-23(22)32-10-8-27(6-7-27)9-11-32/h4-5,14-15,19-20,31,34H,6-13,16-17H2,1-3H3,(H,28,29,30,35)/t19-,20+/m0/s1. The molecule has 1 saturated carbocycles. The maximum absolute atomic E-state index is 13.6. The molecule has 2 saturated heterocycles. The number of sulfonamides is 1. The molecular formula is C27H38N6O5S. The predicted octanol–water partition coefficient (Wildman–Crippen LogP) is 2.77. The Kier molecular flexibility index (Phi) is 7.71. The number of rotatable bonds is 8. The summed E-state index contributed by atoms with van der Waals surface area (Å²) in [4.78, 5) is 27.0. The fraction of sp³-hybridized carbons (Fsp3) is 0.593. The topological polar surface area (TPSA) is 137 Å². The van der Waals surface area contributed by atoms with Gasteiger partial charge < -0.3 is 25.0 Å². The van der Waals surface area contributed by atoms with E-state index in [9.17, 15) is 18.3 Å². The Morgan fingerprint density at radius 1 is 1.15 bits per heavy atom. The Labute approximate surface area is 230 Å². The highest BCUT2D eigenvalue weighted by atomic mass is 32.2. The molecule has 2 aliphatic heterocycles. The van der Waals surface area contributed by atoms with Gasteiger partial charge in [-0.3, -0.25) is 9.52 Å². The van der Waals surface area contributed by atoms with Gasteiger partial charge in [-0.05, 0) is 70.1 Å². The molecule has 2 atom stereocenters. The summed E-state index contributed by atoms with van der Waals surface area (Å²) >= 11 is 0. The Morgan fingerprint density at radius 2 is 1.90 bits per heavy atom. The van der Waals surface area contributed by atoms with Gasteiger partial charge in [-0.25, -0.2) is 13.4 Å². The quantitative estimate of drug-likeness (QED) is 0.447. The lowest BCUT2D eigenvalue weighted by atomic mass is 9.93. The van der Waals surface area contributed by atoms with Crippen molar-refractivity contribution < 1.29 is 23.1 Å². The molecular weight excluding hydrogens is 520 g/mol. The zero-order valence-corrected chi connectivity index (χ0v) is 23.6. The molecule has 212 valence electrons. The molecule has 12 heteroatoms. The molecule has 0 bridgehead atoms. The third kappa shape index (κ3) is 6.79. The van der Waals surface area contributed by atoms with E-state index >= 15 is 0 Å². The first-order valence-corrected chi connectivity index (χ1v) is 15.3. The number of anilines is 4. The van der Waals surface area contributed by atoms with Gasteiger partial charge in [0.1, 0.15) is 5.82 Å². The van der Waals surface area contributed by atoms with Crippen LogP contribution in [0, 0.1) is 12.3 Å². The third-order valence-corrected chi connectivity index (χ3v) is 9.17. The zero-order valence-electron chi connectivity index (χ0n) is 22.8. The van der Waals surface area contributed by atoms with Gasteiger partial charge in [-0.15, -0.1) is 0 Å². The number of piperidine rings is 1. The number of aliphatic hydroxyl groups is 1. The number of benzene rings is 1. The van der Waals surface area contributed by atoms with Crippen molar-refractivity contribution in [2.45, 2.75) is 58.7 Å². The minimum atomic E-state index is -3.75. The van der Waals surface area contributed by atoms with Gasteiger partial charge in [0.25, 0.3) is 5.91 Å². The van der Waals surface area contributed by atoms with Crippen LogP contribution in [0.15, 0.2) is 24.3 Å². The molecule has 5 rings (SSSR count). The fourth-order valence-electron chi connectivity index (χ4n) is 5.43. The summed E-state index contributed by atoms with van der Waals surface area (Å²) in [7, 11) is -3.75. The molecule has 1 spiro atoms. The molecule has 0 unspecified atom stereocenters. The SMILES string of the molecule is Cc1cc(NC(=O)c2ccc(NS(=O)(=O)C[C@H](C)O)cc2N2CCC3(CC2)CC3)nc(N2CCO[C@H](C)C2)n1. The van der Waals surface area contributed by atoms with Gasteiger partial charge in [0.05, 0.1) is 41.5 Å². The van der Waals surface area contributed by atoms with Crippen LogP contribution in [0.3, 0.4) is 0 Å². The first-order valence-electron chi connectivity index (χ1n) is 13.6. The summed E-state index contributed by atoms with van der Waals surface area (Å²) in [5.74, 6) is 0.224. The molecule has 3 fully saturated rings. The highest BCUT2D eigenvalue weighted by Gasteiger charge is 2.44. The Hall–Kier alpha value is -2.96. The molecule has 1 aliphatic carbocycles. The molecule has 39 heavy (non-hydrogen) atoms. The number of nitrogens with zero attached hydrogens (tertiary/aromatic N) is 4. The van der Waals surface area contributed by atoms with E-state index in [-0.39, 0.29) is 12.0 Å². The van der Waals surface area contributed by atoms with Crippen molar-refractivity contribution in [3.8, 4) is 0 Å². The van der Waals surface area contributed by atoms with Gasteiger partial charge in [0.15, 0.2) is 0 Å². The highest BCUT2D eigenvalue weighted by Crippen LogP contribution is 2.54. The average molecular weight is 559 g/mol. The van der Waals surface area contributed by atoms with E-state index in [2.05, 4.69) is 29.8 Å². The van der Waals surface area contributed by atoms with Crippen molar-refractivity contribution in [3.05, 3.63) is 35.5 Å². The Bertz CT molecular complexity index is 1320. The van der Waals surface area contributed by atoms with Crippen molar-refractivity contribution in [2.24, 2.45) is 5.41 Å². The molecule has 1 aromatic heterocycles. The maximum Gasteiger partial charge on any atom is 0.258 e. The van der Waals surface area contributed by atoms with E-state index in [4.69, 9.17) is 4.74 Å². The van der Waals surface area contributed by atoms with Crippen molar-refractivity contribution in [1.29, 1.82) is 0 Å². The second-order valence-electron chi connectivity index (χ2n) is 11.2. The van der Waals surface area contributed by atoms with Crippen LogP contribution in [-0.2, 0) is 14.8 Å². The van der Waals surface area contributed by atoms with Crippen molar-refractivity contribution in [1.82, 2.24) is 9.97 Å². The van der Waals surface area contributed by atoms with Gasteiger partial charge in [-0.2, -0.15) is 4.98 Å². The molecule has 1 aromatic carbocycles. The first kappa shape index (κ1) is 27.6. The second kappa shape index (κ2) is 10.9. The van der Waals surface area contributed by atoms with Crippen LogP contribution < -0.4 is 19.8 Å². The number of aromatic nitrogens is 2. The van der Waals surface area contributed by atoms with Crippen LogP contribution in [-0.4, -0.2) is 80.1 Å². The largest absolute Gasteiger partial charge is 0.392 e. The van der Waals surface area contributed by atoms with Crippen LogP contribution in [0.5, 0.6) is 0 Å². The van der Waals surface area contributed by atoms with Gasteiger partial charge in [-0.1, -0.05) is 0 Å². The molecule has 3 N–H and O–H groups in total. The lowest BCUT2D eigenvalue weighted by Gasteiger charge is -2.35. The van der Waals surface area contributed by atoms with Crippen molar-refractivity contribution >= 4 is 39.1 Å². The first-order chi connectivity index (χ1) is 18.5. The third-order valence-electron chi connectivity index (χ3n) is 7.71. The monoisotopic (exact) mass is 558 g/mol. The number of aliphatic hydroxyl groups excluding tert-OH is 1. The summed E-state index contributed by atoms with van der Waals surface area (Å²) < 4.78 is 33.1. The van der Waals surface area contributed by atoms with E-state index < -0.39 is 21.9 Å². The van der Waals surface area contributed by atoms with E-state index in [1.807, 2.05) is 13.8 Å². The van der Waals surface area contributed by atoms with E-state index in [1.54, 1.807) is 24.3 Å². The number of carbonyl (C=O) groups excluding carboxylic acids is 1. The fourth-order valence-corrected chi connectivity index (χ4v) is 6.63. The maximum atomic E-state index is 13.6. The smallest absolute Gasteiger partial charge is 0.258 e. The lowest BCUT2D eigenvalue weighted by molar-refractivity contribution is 0.0526. The minimum Gasteiger partial charge on any atom is -0.392 e. The summed E-state index contributed by atoms with van der Waals surface area (Å²) in [6.45, 7) is 8.84. The van der Waals surface area contributed by atoms with Crippen molar-refractivity contribution in [2.75, 3.05) is 58.4 Å². The summed E-state index contributed by atoms with van der Waals surface area (Å²) in [5, 5.41) is 12.5. The van der Waals surface area contributed by atoms with Gasteiger partial charge in [0.2, 0.25) is 16.0 Å². The number of amides is 1. The molecule has 3 aliphatic rings. The summed E-state index contributed by atoms with van der Waals surface area (Å²) in [5.41, 5.74) is 2.66. The normalized spacial score (nSPS) is 21.5. The number of hydrogen-bond donors (Lipinski definition) is 3. The average Bonchev–Trinajstić information content (AvgIpc) is 3.61. The molecule has 2 aromatic rings. The number of carbonyl (C=O) groups is 1. The molecule has 3 heterocycles. The summed E-state index contributed by atoms with van der Waals surface area (Å²) in [6.07, 6.45) is 3.69. The van der Waals surface area contributed by atoms with Crippen LogP contribution in [0.2, 0.25) is 0 Å². The number of ether oxygens (including phenoxy) is 1. The molecule has 11 nitrogen and oxygen atoms in total. The predicted molar refractivity (Wildman–Crippen MR) is 151 cm³/mol. The van der Waals surface area contributed by atoms with Crippen LogP contribution in [0.4, 0.5) is 23.1 Å². The van der Waals surface area contributed by atoms with Crippen LogP contribution >= 0.6 is 0 Å². The van der Waals surface area contributed by atoms with Crippen molar-refractivity contribution in [3.63, 3.8) is 0 Å².